The van der Waals surface area contributed by atoms with Crippen LogP contribution in [0.25, 0.3) is 11.4 Å². The number of fused-ring (bicyclic) bond motifs is 3. The van der Waals surface area contributed by atoms with Gasteiger partial charge in [0.1, 0.15) is 23.7 Å². The number of nitrogens with zero attached hydrogens (tertiary/aromatic N) is 6. The number of nitrogens with one attached hydrogen (secondary N) is 1. The molecule has 1 aliphatic rings. The molecule has 3 aromatic heterocycles. The minimum Gasteiger partial charge on any atom is -0.490 e. The Bertz CT molecular complexity index is 1510. The lowest BCUT2D eigenvalue weighted by atomic mass is 10.1. The average molecular weight is 556 g/mol. The van der Waals surface area contributed by atoms with E-state index in [0.717, 1.165) is 5.56 Å². The van der Waals surface area contributed by atoms with Gasteiger partial charge in [-0.3, -0.25) is 14.3 Å². The summed E-state index contributed by atoms with van der Waals surface area (Å²) in [6.45, 7) is 5.37. The number of anilines is 1. The van der Waals surface area contributed by atoms with Crippen LogP contribution in [-0.4, -0.2) is 56.1 Å². The van der Waals surface area contributed by atoms with Gasteiger partial charge in [0, 0.05) is 24.8 Å². The van der Waals surface area contributed by atoms with Gasteiger partial charge in [0.2, 0.25) is 16.0 Å². The molecule has 0 saturated heterocycles. The molecule has 3 atom stereocenters. The van der Waals surface area contributed by atoms with Crippen molar-refractivity contribution in [3.8, 4) is 17.1 Å². The number of para-hydroxylation sites is 1. The van der Waals surface area contributed by atoms with Gasteiger partial charge < -0.3 is 9.47 Å². The lowest BCUT2D eigenvalue weighted by Gasteiger charge is -2.26. The first-order valence-electron chi connectivity index (χ1n) is 12.0. The number of hydrogen-bond acceptors (Lipinski definition) is 9. The molecule has 1 aromatic carbocycles. The number of halogens is 1. The molecule has 4 aromatic rings. The quantitative estimate of drug-likeness (QED) is 0.341. The van der Waals surface area contributed by atoms with Crippen molar-refractivity contribution in [2.75, 3.05) is 11.3 Å². The van der Waals surface area contributed by atoms with Gasteiger partial charge in [-0.05, 0) is 44.5 Å². The highest BCUT2D eigenvalue weighted by molar-refractivity contribution is 7.93. The predicted octanol–water partition coefficient (Wildman–Crippen LogP) is 4.06. The number of pyridine rings is 1. The van der Waals surface area contributed by atoms with Gasteiger partial charge in [-0.15, -0.1) is 10.2 Å². The van der Waals surface area contributed by atoms with Crippen LogP contribution in [0.3, 0.4) is 0 Å². The molecular weight excluding hydrogens is 530 g/mol. The highest BCUT2D eigenvalue weighted by atomic mass is 35.5. The molecule has 1 aliphatic heterocycles. The largest absolute Gasteiger partial charge is 0.490 e. The van der Waals surface area contributed by atoms with Crippen LogP contribution >= 0.6 is 11.6 Å². The van der Waals surface area contributed by atoms with Crippen LogP contribution in [0.1, 0.15) is 44.3 Å². The topological polar surface area (TPSA) is 134 Å². The smallest absolute Gasteiger partial charge is 0.240 e. The number of hydrogen-bond donors (Lipinski definition) is 1. The molecule has 0 aliphatic carbocycles. The van der Waals surface area contributed by atoms with Crippen molar-refractivity contribution in [1.82, 2.24) is 29.7 Å². The van der Waals surface area contributed by atoms with E-state index in [9.17, 15) is 8.42 Å². The molecule has 198 valence electrons. The minimum atomic E-state index is -4.08. The van der Waals surface area contributed by atoms with E-state index < -0.39 is 27.4 Å². The monoisotopic (exact) mass is 555 g/mol. The van der Waals surface area contributed by atoms with Gasteiger partial charge in [0.25, 0.3) is 0 Å². The van der Waals surface area contributed by atoms with E-state index >= 15 is 0 Å². The lowest BCUT2D eigenvalue weighted by molar-refractivity contribution is 0.00154. The van der Waals surface area contributed by atoms with E-state index in [1.807, 2.05) is 50.2 Å². The summed E-state index contributed by atoms with van der Waals surface area (Å²) in [6.07, 6.45) is 4.93. The molecule has 0 saturated carbocycles. The SMILES string of the molecule is CC(C)OC(c1ncc(Cl)cn1)C(C)S(=O)(=O)Nc1nnc2n1[C@H](c1cccnc1)COc1ccccc1-2. The van der Waals surface area contributed by atoms with Crippen LogP contribution in [-0.2, 0) is 14.8 Å². The van der Waals surface area contributed by atoms with Gasteiger partial charge >= 0.3 is 0 Å². The third-order valence-electron chi connectivity index (χ3n) is 6.06. The van der Waals surface area contributed by atoms with Gasteiger partial charge in [-0.2, -0.15) is 0 Å². The van der Waals surface area contributed by atoms with E-state index in [1.165, 1.54) is 19.3 Å². The Labute approximate surface area is 225 Å². The van der Waals surface area contributed by atoms with Gasteiger partial charge in [-0.25, -0.2) is 18.4 Å². The lowest BCUT2D eigenvalue weighted by Crippen LogP contribution is -2.35. The molecular formula is C25H26ClN7O4S. The fraction of sp³-hybridized carbons (Fsp3) is 0.320. The fourth-order valence-electron chi connectivity index (χ4n) is 4.21. The molecule has 4 heterocycles. The van der Waals surface area contributed by atoms with Crippen LogP contribution < -0.4 is 9.46 Å². The van der Waals surface area contributed by atoms with Gasteiger partial charge in [0.15, 0.2) is 11.6 Å². The molecule has 0 fully saturated rings. The Morgan fingerprint density at radius 3 is 2.55 bits per heavy atom. The molecule has 38 heavy (non-hydrogen) atoms. The summed E-state index contributed by atoms with van der Waals surface area (Å²) in [5, 5.41) is 7.84. The van der Waals surface area contributed by atoms with Crippen LogP contribution in [0.5, 0.6) is 5.75 Å². The van der Waals surface area contributed by atoms with Gasteiger partial charge in [0.05, 0.1) is 22.7 Å². The number of sulfonamides is 1. The fourth-order valence-corrected chi connectivity index (χ4v) is 5.39. The molecule has 13 heteroatoms. The minimum absolute atomic E-state index is 0.0429. The van der Waals surface area contributed by atoms with Crippen LogP contribution in [0.4, 0.5) is 5.95 Å². The van der Waals surface area contributed by atoms with E-state index in [0.29, 0.717) is 22.2 Å². The number of benzene rings is 1. The number of aromatic nitrogens is 6. The second-order valence-electron chi connectivity index (χ2n) is 9.04. The molecule has 2 unspecified atom stereocenters. The van der Waals surface area contributed by atoms with Crippen molar-refractivity contribution in [1.29, 1.82) is 0 Å². The maximum Gasteiger partial charge on any atom is 0.240 e. The first-order valence-corrected chi connectivity index (χ1v) is 13.9. The molecule has 11 nitrogen and oxygen atoms in total. The second-order valence-corrected chi connectivity index (χ2v) is 11.5. The number of rotatable bonds is 8. The van der Waals surface area contributed by atoms with E-state index in [-0.39, 0.29) is 24.5 Å². The second kappa shape index (κ2) is 10.6. The van der Waals surface area contributed by atoms with Crippen molar-refractivity contribution in [3.63, 3.8) is 0 Å². The van der Waals surface area contributed by atoms with Crippen molar-refractivity contribution in [3.05, 3.63) is 77.6 Å². The highest BCUT2D eigenvalue weighted by Crippen LogP contribution is 2.38. The van der Waals surface area contributed by atoms with Crippen molar-refractivity contribution in [2.24, 2.45) is 0 Å². The van der Waals surface area contributed by atoms with E-state index in [4.69, 9.17) is 21.1 Å². The summed E-state index contributed by atoms with van der Waals surface area (Å²) in [5.41, 5.74) is 1.51. The normalized spacial score (nSPS) is 16.6. The summed E-state index contributed by atoms with van der Waals surface area (Å²) in [7, 11) is -4.08. The molecule has 0 bridgehead atoms. The Morgan fingerprint density at radius 2 is 1.84 bits per heavy atom. The zero-order valence-electron chi connectivity index (χ0n) is 20.9. The standard InChI is InChI=1S/C25H26ClN7O4S/c1-15(2)37-22(23-28-12-18(26)13-29-23)16(3)38(34,35)32-25-31-30-24-19-8-4-5-9-21(19)36-14-20(33(24)25)17-7-6-10-27-11-17/h4-13,15-16,20,22H,14H2,1-3H3,(H,31,32)/t16?,20-,22?/m0/s1. The first-order chi connectivity index (χ1) is 18.2. The Hall–Kier alpha value is -3.61. The average Bonchev–Trinajstić information content (AvgIpc) is 3.22. The molecule has 0 radical (unpaired) electrons. The first kappa shape index (κ1) is 26.0. The maximum absolute atomic E-state index is 13.7. The predicted molar refractivity (Wildman–Crippen MR) is 141 cm³/mol. The van der Waals surface area contributed by atoms with Crippen LogP contribution in [0.2, 0.25) is 5.02 Å². The van der Waals surface area contributed by atoms with E-state index in [1.54, 1.807) is 17.0 Å². The van der Waals surface area contributed by atoms with Crippen molar-refractivity contribution >= 4 is 27.6 Å². The van der Waals surface area contributed by atoms with E-state index in [2.05, 4.69) is 29.9 Å². The summed E-state index contributed by atoms with van der Waals surface area (Å²) in [6, 6.07) is 10.7. The Balaban J connectivity index is 1.55. The zero-order chi connectivity index (χ0) is 26.9. The van der Waals surface area contributed by atoms with Crippen LogP contribution in [0, 0.1) is 0 Å². The highest BCUT2D eigenvalue weighted by Gasteiger charge is 2.37. The van der Waals surface area contributed by atoms with Gasteiger partial charge in [-0.1, -0.05) is 29.8 Å². The summed E-state index contributed by atoms with van der Waals surface area (Å²) < 4.78 is 43.9. The molecule has 0 amide bonds. The molecule has 1 N–H and O–H groups in total. The maximum atomic E-state index is 13.7. The Morgan fingerprint density at radius 1 is 1.08 bits per heavy atom. The Kier molecular flexibility index (Phi) is 7.28. The summed E-state index contributed by atoms with van der Waals surface area (Å²) in [5.74, 6) is 1.34. The van der Waals surface area contributed by atoms with Crippen LogP contribution in [0.15, 0.2) is 61.2 Å². The van der Waals surface area contributed by atoms with Crippen molar-refractivity contribution < 1.29 is 17.9 Å². The third kappa shape index (κ3) is 5.19. The summed E-state index contributed by atoms with van der Waals surface area (Å²) >= 11 is 5.94. The van der Waals surface area contributed by atoms with Crippen molar-refractivity contribution in [2.45, 2.75) is 44.3 Å². The molecule has 5 rings (SSSR count). The number of ether oxygens (including phenoxy) is 2. The third-order valence-corrected chi connectivity index (χ3v) is 7.95. The molecule has 0 spiro atoms. The zero-order valence-corrected chi connectivity index (χ0v) is 22.5. The summed E-state index contributed by atoms with van der Waals surface area (Å²) in [4.78, 5) is 12.6.